The van der Waals surface area contributed by atoms with Gasteiger partial charge in [0.25, 0.3) is 0 Å². The molecule has 122 valence electrons. The molecule has 2 saturated heterocycles. The van der Waals surface area contributed by atoms with Gasteiger partial charge < -0.3 is 4.74 Å². The summed E-state index contributed by atoms with van der Waals surface area (Å²) in [7, 11) is 0. The molecule has 23 heavy (non-hydrogen) atoms. The minimum absolute atomic E-state index is 0.00776. The lowest BCUT2D eigenvalue weighted by Gasteiger charge is -2.41. The van der Waals surface area contributed by atoms with Crippen molar-refractivity contribution in [2.24, 2.45) is 0 Å². The summed E-state index contributed by atoms with van der Waals surface area (Å²) in [6, 6.07) is 11.5. The molecule has 0 N–H and O–H groups in total. The first-order chi connectivity index (χ1) is 11.2. The van der Waals surface area contributed by atoms with Gasteiger partial charge in [-0.15, -0.1) is 11.8 Å². The molecule has 1 aromatic rings. The van der Waals surface area contributed by atoms with Crippen LogP contribution in [0.5, 0.6) is 0 Å². The fourth-order valence-corrected chi connectivity index (χ4v) is 5.50. The van der Waals surface area contributed by atoms with Crippen LogP contribution in [0.4, 0.5) is 0 Å². The van der Waals surface area contributed by atoms with Gasteiger partial charge in [0.1, 0.15) is 6.10 Å². The van der Waals surface area contributed by atoms with E-state index >= 15 is 0 Å². The van der Waals surface area contributed by atoms with Crippen LogP contribution < -0.4 is 0 Å². The second-order valence-electron chi connectivity index (χ2n) is 6.79. The summed E-state index contributed by atoms with van der Waals surface area (Å²) in [6.45, 7) is 3.47. The van der Waals surface area contributed by atoms with Gasteiger partial charge in [0.2, 0.25) is 0 Å². The molecule has 3 aliphatic heterocycles. The first kappa shape index (κ1) is 15.3. The van der Waals surface area contributed by atoms with Crippen molar-refractivity contribution in [3.8, 4) is 0 Å². The first-order valence-corrected chi connectivity index (χ1v) is 9.49. The minimum atomic E-state index is -0.145. The quantitative estimate of drug-likeness (QED) is 0.775. The highest BCUT2D eigenvalue weighted by molar-refractivity contribution is 8.00. The molecular weight excluding hydrogens is 306 g/mol. The molecule has 0 spiro atoms. The van der Waals surface area contributed by atoms with E-state index in [2.05, 4.69) is 42.2 Å². The average Bonchev–Trinajstić information content (AvgIpc) is 2.90. The number of hydrogen-bond acceptors (Lipinski definition) is 4. The van der Waals surface area contributed by atoms with Crippen LogP contribution in [0.2, 0.25) is 0 Å². The zero-order chi connectivity index (χ0) is 15.8. The molecule has 0 radical (unpaired) electrons. The van der Waals surface area contributed by atoms with E-state index in [4.69, 9.17) is 4.74 Å². The number of thioether (sulfide) groups is 1. The van der Waals surface area contributed by atoms with Crippen LogP contribution in [0, 0.1) is 0 Å². The molecule has 3 nitrogen and oxygen atoms in total. The van der Waals surface area contributed by atoms with Gasteiger partial charge in [-0.3, -0.25) is 4.90 Å². The van der Waals surface area contributed by atoms with Gasteiger partial charge in [-0.2, -0.15) is 0 Å². The molecule has 0 amide bonds. The van der Waals surface area contributed by atoms with Crippen molar-refractivity contribution in [2.75, 3.05) is 6.54 Å². The number of ether oxygens (including phenoxy) is 1. The smallest absolute Gasteiger partial charge is 0.331 e. The number of carbonyl (C=O) groups excluding carboxylic acids is 1. The summed E-state index contributed by atoms with van der Waals surface area (Å²) >= 11 is 1.94. The number of benzene rings is 1. The van der Waals surface area contributed by atoms with E-state index in [-0.39, 0.29) is 12.1 Å². The number of carbonyl (C=O) groups is 1. The average molecular weight is 329 g/mol. The van der Waals surface area contributed by atoms with Gasteiger partial charge in [-0.1, -0.05) is 24.6 Å². The molecule has 3 aliphatic rings. The largest absolute Gasteiger partial charge is 0.453 e. The van der Waals surface area contributed by atoms with Crippen molar-refractivity contribution >= 4 is 17.7 Å². The Balaban J connectivity index is 1.64. The molecule has 4 atom stereocenters. The molecule has 4 heteroatoms. The molecule has 0 bridgehead atoms. The van der Waals surface area contributed by atoms with E-state index in [1.807, 2.05) is 11.8 Å². The molecule has 4 unspecified atom stereocenters. The maximum absolute atomic E-state index is 11.8. The lowest BCUT2D eigenvalue weighted by Crippen LogP contribution is -2.51. The summed E-state index contributed by atoms with van der Waals surface area (Å²) in [5.74, 6) is -0.145. The van der Waals surface area contributed by atoms with Gasteiger partial charge in [0, 0.05) is 22.3 Å². The monoisotopic (exact) mass is 329 g/mol. The highest BCUT2D eigenvalue weighted by Crippen LogP contribution is 2.41. The predicted molar refractivity (Wildman–Crippen MR) is 92.5 cm³/mol. The molecule has 3 heterocycles. The Morgan fingerprint density at radius 1 is 1.22 bits per heavy atom. The van der Waals surface area contributed by atoms with Crippen molar-refractivity contribution < 1.29 is 9.53 Å². The summed E-state index contributed by atoms with van der Waals surface area (Å²) in [4.78, 5) is 15.7. The maximum Gasteiger partial charge on any atom is 0.331 e. The number of fused-ring (bicyclic) bond motifs is 3. The minimum Gasteiger partial charge on any atom is -0.453 e. The SMILES string of the molecule is CC1C(Sc2ccccc2)CC2=CC(=O)OC2C2CCCCN12. The first-order valence-electron chi connectivity index (χ1n) is 8.61. The zero-order valence-corrected chi connectivity index (χ0v) is 14.3. The fourth-order valence-electron chi connectivity index (χ4n) is 4.21. The third-order valence-electron chi connectivity index (χ3n) is 5.38. The van der Waals surface area contributed by atoms with Crippen LogP contribution in [0.25, 0.3) is 0 Å². The molecule has 2 fully saturated rings. The molecular formula is C19H23NO2S. The Labute approximate surface area is 142 Å². The summed E-state index contributed by atoms with van der Waals surface area (Å²) in [5, 5.41) is 0.462. The Bertz CT molecular complexity index is 615. The van der Waals surface area contributed by atoms with Gasteiger partial charge in [-0.25, -0.2) is 4.79 Å². The third kappa shape index (κ3) is 2.94. The maximum atomic E-state index is 11.8. The number of rotatable bonds is 2. The van der Waals surface area contributed by atoms with Crippen molar-refractivity contribution in [3.63, 3.8) is 0 Å². The normalized spacial score (nSPS) is 34.1. The van der Waals surface area contributed by atoms with E-state index in [0.29, 0.717) is 17.3 Å². The Morgan fingerprint density at radius 2 is 2.04 bits per heavy atom. The van der Waals surface area contributed by atoms with E-state index in [1.54, 1.807) is 6.08 Å². The standard InChI is InChI=1S/C19H23NO2S/c1-13-17(23-15-7-3-2-4-8-15)11-14-12-18(21)22-19(14)16-9-5-6-10-20(13)16/h2-4,7-8,12-13,16-17,19H,5-6,9-11H2,1H3. The second kappa shape index (κ2) is 6.33. The summed E-state index contributed by atoms with van der Waals surface area (Å²) < 4.78 is 5.68. The highest BCUT2D eigenvalue weighted by Gasteiger charge is 2.45. The number of esters is 1. The highest BCUT2D eigenvalue weighted by atomic mass is 32.2. The van der Waals surface area contributed by atoms with Gasteiger partial charge in [0.15, 0.2) is 0 Å². The Morgan fingerprint density at radius 3 is 2.87 bits per heavy atom. The topological polar surface area (TPSA) is 29.5 Å². The molecule has 1 aromatic carbocycles. The lowest BCUT2D eigenvalue weighted by atomic mass is 9.94. The summed E-state index contributed by atoms with van der Waals surface area (Å²) in [5.41, 5.74) is 1.21. The van der Waals surface area contributed by atoms with E-state index in [0.717, 1.165) is 19.4 Å². The number of piperidine rings is 1. The molecule has 0 aliphatic carbocycles. The van der Waals surface area contributed by atoms with E-state index in [9.17, 15) is 4.79 Å². The van der Waals surface area contributed by atoms with Crippen LogP contribution >= 0.6 is 11.8 Å². The van der Waals surface area contributed by atoms with Gasteiger partial charge in [-0.05, 0) is 50.4 Å². The molecule has 4 rings (SSSR count). The van der Waals surface area contributed by atoms with Crippen molar-refractivity contribution in [3.05, 3.63) is 42.0 Å². The van der Waals surface area contributed by atoms with Gasteiger partial charge >= 0.3 is 5.97 Å². The van der Waals surface area contributed by atoms with Crippen molar-refractivity contribution in [1.29, 1.82) is 0 Å². The number of hydrogen-bond donors (Lipinski definition) is 0. The number of nitrogens with zero attached hydrogens (tertiary/aromatic N) is 1. The van der Waals surface area contributed by atoms with Crippen LogP contribution in [0.3, 0.4) is 0 Å². The zero-order valence-electron chi connectivity index (χ0n) is 13.5. The molecule has 0 aromatic heterocycles. The summed E-state index contributed by atoms with van der Waals surface area (Å²) in [6.07, 6.45) is 6.34. The fraction of sp³-hybridized carbons (Fsp3) is 0.526. The van der Waals surface area contributed by atoms with Gasteiger partial charge in [0.05, 0.1) is 6.04 Å². The van der Waals surface area contributed by atoms with Crippen LogP contribution in [-0.2, 0) is 9.53 Å². The van der Waals surface area contributed by atoms with Crippen molar-refractivity contribution in [1.82, 2.24) is 4.90 Å². The van der Waals surface area contributed by atoms with E-state index < -0.39 is 0 Å². The third-order valence-corrected chi connectivity index (χ3v) is 6.79. The molecule has 0 saturated carbocycles. The van der Waals surface area contributed by atoms with E-state index in [1.165, 1.54) is 23.3 Å². The van der Waals surface area contributed by atoms with Crippen LogP contribution in [0.15, 0.2) is 46.9 Å². The Hall–Kier alpha value is -1.26. The van der Waals surface area contributed by atoms with Crippen LogP contribution in [-0.4, -0.2) is 40.9 Å². The lowest BCUT2D eigenvalue weighted by molar-refractivity contribution is -0.142. The second-order valence-corrected chi connectivity index (χ2v) is 8.10. The van der Waals surface area contributed by atoms with Crippen LogP contribution in [0.1, 0.15) is 32.6 Å². The van der Waals surface area contributed by atoms with Crippen molar-refractivity contribution in [2.45, 2.75) is 60.9 Å². The predicted octanol–water partition coefficient (Wildman–Crippen LogP) is 3.65. The Kier molecular flexibility index (Phi) is 4.20.